The van der Waals surface area contributed by atoms with Crippen molar-refractivity contribution >= 4 is 11.6 Å². The molecule has 0 amide bonds. The van der Waals surface area contributed by atoms with Crippen molar-refractivity contribution in [3.05, 3.63) is 29.3 Å². The first-order valence-corrected chi connectivity index (χ1v) is 7.01. The van der Waals surface area contributed by atoms with E-state index in [0.717, 1.165) is 12.8 Å². The molecule has 0 aliphatic heterocycles. The number of ether oxygens (including phenoxy) is 1. The van der Waals surface area contributed by atoms with E-state index in [-0.39, 0.29) is 23.7 Å². The van der Waals surface area contributed by atoms with Crippen LogP contribution in [0.4, 0.5) is 8.78 Å². The molecule has 5 heteroatoms. The summed E-state index contributed by atoms with van der Waals surface area (Å²) < 4.78 is 32.3. The first-order chi connectivity index (χ1) is 9.39. The minimum atomic E-state index is -0.738. The lowest BCUT2D eigenvalue weighted by Gasteiger charge is -2.14. The average molecular weight is 302 g/mol. The quantitative estimate of drug-likeness (QED) is 0.535. The fourth-order valence-electron chi connectivity index (χ4n) is 1.73. The molecule has 0 aromatic heterocycles. The zero-order valence-electron chi connectivity index (χ0n) is 11.7. The first-order valence-electron chi connectivity index (χ1n) is 6.47. The van der Waals surface area contributed by atoms with Gasteiger partial charge >= 0.3 is 0 Å². The summed E-state index contributed by atoms with van der Waals surface area (Å²) in [7, 11) is 0. The molecule has 20 heavy (non-hydrogen) atoms. The van der Waals surface area contributed by atoms with Crippen LogP contribution in [0.2, 0.25) is 0 Å². The van der Waals surface area contributed by atoms with Crippen LogP contribution in [0.3, 0.4) is 0 Å². The zero-order valence-corrected chi connectivity index (χ0v) is 12.4. The van der Waals surface area contributed by atoms with Gasteiger partial charge in [0.25, 0.3) is 0 Å². The second-order valence-corrected chi connectivity index (χ2v) is 5.59. The van der Waals surface area contributed by atoms with Crippen molar-refractivity contribution in [2.45, 2.75) is 39.0 Å². The van der Waals surface area contributed by atoms with Crippen LogP contribution in [0.15, 0.2) is 12.1 Å². The molecular formula is C15H18ClF2NO. The van der Waals surface area contributed by atoms with Gasteiger partial charge in [-0.15, -0.1) is 11.6 Å². The van der Waals surface area contributed by atoms with Crippen LogP contribution < -0.4 is 4.74 Å². The van der Waals surface area contributed by atoms with Gasteiger partial charge in [-0.3, -0.25) is 0 Å². The Morgan fingerprint density at radius 2 is 1.85 bits per heavy atom. The standard InChI is InChI=1S/C15H18ClF2NO/c1-15(2,10-19)5-3-4-6-20-14-12(17)7-11(9-16)8-13(14)18/h7-8H,3-6,9H2,1-2H3. The van der Waals surface area contributed by atoms with Gasteiger partial charge in [0.1, 0.15) is 0 Å². The van der Waals surface area contributed by atoms with Gasteiger partial charge in [0.15, 0.2) is 17.4 Å². The van der Waals surface area contributed by atoms with E-state index in [9.17, 15) is 8.78 Å². The second kappa shape index (κ2) is 7.44. The number of nitrogens with zero attached hydrogens (tertiary/aromatic N) is 1. The Labute approximate surface area is 123 Å². The van der Waals surface area contributed by atoms with Crippen LogP contribution in [-0.4, -0.2) is 6.61 Å². The van der Waals surface area contributed by atoms with Crippen molar-refractivity contribution in [1.82, 2.24) is 0 Å². The van der Waals surface area contributed by atoms with Crippen molar-refractivity contribution < 1.29 is 13.5 Å². The molecule has 1 rings (SSSR count). The minimum absolute atomic E-state index is 0.0529. The SMILES string of the molecule is CC(C)(C#N)CCCCOc1c(F)cc(CCl)cc1F. The lowest BCUT2D eigenvalue weighted by Crippen LogP contribution is -2.09. The molecule has 0 radical (unpaired) electrons. The van der Waals surface area contributed by atoms with Crippen molar-refractivity contribution in [2.75, 3.05) is 6.61 Å². The van der Waals surface area contributed by atoms with Gasteiger partial charge in [-0.05, 0) is 50.8 Å². The maximum Gasteiger partial charge on any atom is 0.190 e. The molecule has 0 saturated heterocycles. The van der Waals surface area contributed by atoms with Gasteiger partial charge in [0.2, 0.25) is 0 Å². The maximum absolute atomic E-state index is 13.6. The molecule has 0 aliphatic carbocycles. The Hall–Kier alpha value is -1.34. The van der Waals surface area contributed by atoms with Gasteiger partial charge in [-0.1, -0.05) is 0 Å². The number of alkyl halides is 1. The summed E-state index contributed by atoms with van der Waals surface area (Å²) in [5.74, 6) is -1.79. The summed E-state index contributed by atoms with van der Waals surface area (Å²) in [6.07, 6.45) is 2.13. The third kappa shape index (κ3) is 4.97. The van der Waals surface area contributed by atoms with Crippen molar-refractivity contribution in [3.63, 3.8) is 0 Å². The van der Waals surface area contributed by atoms with Crippen molar-refractivity contribution in [1.29, 1.82) is 5.26 Å². The number of rotatable bonds is 7. The van der Waals surface area contributed by atoms with Crippen LogP contribution in [0, 0.1) is 28.4 Å². The highest BCUT2D eigenvalue weighted by molar-refractivity contribution is 6.17. The summed E-state index contributed by atoms with van der Waals surface area (Å²) in [5.41, 5.74) is 0.00294. The van der Waals surface area contributed by atoms with Gasteiger partial charge in [-0.2, -0.15) is 5.26 Å². The number of unbranched alkanes of at least 4 members (excludes halogenated alkanes) is 1. The van der Waals surface area contributed by atoms with Crippen LogP contribution in [0.1, 0.15) is 38.7 Å². The lowest BCUT2D eigenvalue weighted by atomic mass is 9.89. The molecule has 0 spiro atoms. The second-order valence-electron chi connectivity index (χ2n) is 5.32. The van der Waals surface area contributed by atoms with E-state index in [0.29, 0.717) is 12.0 Å². The van der Waals surface area contributed by atoms with Crippen LogP contribution in [0.5, 0.6) is 5.75 Å². The molecule has 110 valence electrons. The molecule has 0 fully saturated rings. The van der Waals surface area contributed by atoms with E-state index in [1.54, 1.807) is 0 Å². The fraction of sp³-hybridized carbons (Fsp3) is 0.533. The summed E-state index contributed by atoms with van der Waals surface area (Å²) in [5, 5.41) is 8.86. The Morgan fingerprint density at radius 1 is 1.25 bits per heavy atom. The number of benzene rings is 1. The Bertz CT molecular complexity index is 474. The molecule has 0 N–H and O–H groups in total. The minimum Gasteiger partial charge on any atom is -0.488 e. The van der Waals surface area contributed by atoms with Crippen LogP contribution in [0.25, 0.3) is 0 Å². The van der Waals surface area contributed by atoms with Crippen LogP contribution in [-0.2, 0) is 5.88 Å². The van der Waals surface area contributed by atoms with Crippen molar-refractivity contribution in [3.8, 4) is 11.8 Å². The molecule has 1 aromatic rings. The molecule has 0 saturated carbocycles. The summed E-state index contributed by atoms with van der Waals surface area (Å²) in [6, 6.07) is 4.55. The van der Waals surface area contributed by atoms with E-state index in [2.05, 4.69) is 6.07 Å². The van der Waals surface area contributed by atoms with E-state index in [1.165, 1.54) is 12.1 Å². The number of hydrogen-bond acceptors (Lipinski definition) is 2. The first kappa shape index (κ1) is 16.7. The largest absolute Gasteiger partial charge is 0.488 e. The van der Waals surface area contributed by atoms with Gasteiger partial charge in [0, 0.05) is 5.88 Å². The van der Waals surface area contributed by atoms with Gasteiger partial charge < -0.3 is 4.74 Å². The normalized spacial score (nSPS) is 11.2. The van der Waals surface area contributed by atoms with E-state index in [1.807, 2.05) is 13.8 Å². The van der Waals surface area contributed by atoms with Gasteiger partial charge in [-0.25, -0.2) is 8.78 Å². The number of nitriles is 1. The predicted molar refractivity (Wildman–Crippen MR) is 74.7 cm³/mol. The molecule has 1 aromatic carbocycles. The maximum atomic E-state index is 13.6. The number of hydrogen-bond donors (Lipinski definition) is 0. The van der Waals surface area contributed by atoms with E-state index in [4.69, 9.17) is 21.6 Å². The fourth-order valence-corrected chi connectivity index (χ4v) is 1.88. The smallest absolute Gasteiger partial charge is 0.190 e. The highest BCUT2D eigenvalue weighted by atomic mass is 35.5. The van der Waals surface area contributed by atoms with Crippen LogP contribution >= 0.6 is 11.6 Å². The Kier molecular flexibility index (Phi) is 6.22. The average Bonchev–Trinajstić information content (AvgIpc) is 2.40. The number of halogens is 3. The molecule has 2 nitrogen and oxygen atoms in total. The highest BCUT2D eigenvalue weighted by Gasteiger charge is 2.16. The molecular weight excluding hydrogens is 284 g/mol. The van der Waals surface area contributed by atoms with Crippen molar-refractivity contribution in [2.24, 2.45) is 5.41 Å². The zero-order chi connectivity index (χ0) is 15.2. The van der Waals surface area contributed by atoms with E-state index < -0.39 is 11.6 Å². The predicted octanol–water partition coefficient (Wildman–Crippen LogP) is 4.80. The topological polar surface area (TPSA) is 33.0 Å². The summed E-state index contributed by atoms with van der Waals surface area (Å²) >= 11 is 5.52. The molecule has 0 aliphatic rings. The molecule has 0 heterocycles. The monoisotopic (exact) mass is 301 g/mol. The Balaban J connectivity index is 2.45. The summed E-state index contributed by atoms with van der Waals surface area (Å²) in [4.78, 5) is 0. The third-order valence-corrected chi connectivity index (χ3v) is 3.27. The van der Waals surface area contributed by atoms with Gasteiger partial charge in [0.05, 0.1) is 18.1 Å². The van der Waals surface area contributed by atoms with E-state index >= 15 is 0 Å². The molecule has 0 bridgehead atoms. The molecule has 0 atom stereocenters. The third-order valence-electron chi connectivity index (χ3n) is 2.96. The Morgan fingerprint density at radius 3 is 2.35 bits per heavy atom. The lowest BCUT2D eigenvalue weighted by molar-refractivity contribution is 0.269. The summed E-state index contributed by atoms with van der Waals surface area (Å²) in [6.45, 7) is 3.94. The highest BCUT2D eigenvalue weighted by Crippen LogP contribution is 2.25. The molecule has 0 unspecified atom stereocenters.